The molecule has 2 aromatic heterocycles. The van der Waals surface area contributed by atoms with Crippen molar-refractivity contribution in [2.45, 2.75) is 19.4 Å². The molecule has 3 rings (SSSR count). The molecule has 17 heavy (non-hydrogen) atoms. The van der Waals surface area contributed by atoms with Crippen LogP contribution in [0.1, 0.15) is 19.5 Å². The van der Waals surface area contributed by atoms with E-state index in [1.807, 2.05) is 12.5 Å². The molecule has 0 atom stereocenters. The Labute approximate surface area is 104 Å². The predicted octanol–water partition coefficient (Wildman–Crippen LogP) is 3.28. The highest BCUT2D eigenvalue weighted by molar-refractivity contribution is 7.13. The molecule has 0 unspecified atom stereocenters. The van der Waals surface area contributed by atoms with Gasteiger partial charge in [0.15, 0.2) is 0 Å². The maximum atomic E-state index is 4.62. The molecule has 1 aromatic carbocycles. The Morgan fingerprint density at radius 1 is 1.24 bits per heavy atom. The Morgan fingerprint density at radius 2 is 2.06 bits per heavy atom. The van der Waals surface area contributed by atoms with Gasteiger partial charge in [-0.1, -0.05) is 18.2 Å². The van der Waals surface area contributed by atoms with Gasteiger partial charge in [-0.05, 0) is 31.4 Å². The van der Waals surface area contributed by atoms with Crippen molar-refractivity contribution in [3.05, 3.63) is 48.7 Å². The summed E-state index contributed by atoms with van der Waals surface area (Å²) in [5.74, 6) is 0. The van der Waals surface area contributed by atoms with Gasteiger partial charge in [-0.3, -0.25) is 0 Å². The topological polar surface area (TPSA) is 30.7 Å². The molecule has 0 spiro atoms. The largest absolute Gasteiger partial charge is 0.326 e. The fourth-order valence-corrected chi connectivity index (χ4v) is 2.95. The average molecular weight is 243 g/mol. The maximum absolute atomic E-state index is 4.62. The summed E-state index contributed by atoms with van der Waals surface area (Å²) in [7, 11) is 0. The second-order valence-electron chi connectivity index (χ2n) is 4.56. The van der Waals surface area contributed by atoms with Crippen LogP contribution >= 0.6 is 11.5 Å². The first-order chi connectivity index (χ1) is 8.19. The number of imidazole rings is 1. The molecule has 0 radical (unpaired) electrons. The van der Waals surface area contributed by atoms with Gasteiger partial charge in [0.25, 0.3) is 0 Å². The molecule has 0 amide bonds. The van der Waals surface area contributed by atoms with Crippen LogP contribution in [0.25, 0.3) is 10.1 Å². The van der Waals surface area contributed by atoms with Gasteiger partial charge in [0, 0.05) is 17.8 Å². The highest BCUT2D eigenvalue weighted by Crippen LogP contribution is 2.32. The molecule has 0 N–H and O–H groups in total. The number of benzene rings is 1. The summed E-state index contributed by atoms with van der Waals surface area (Å²) in [5, 5.41) is 1.23. The molecule has 0 fully saturated rings. The van der Waals surface area contributed by atoms with Crippen molar-refractivity contribution >= 4 is 21.6 Å². The van der Waals surface area contributed by atoms with E-state index in [1.165, 1.54) is 10.1 Å². The number of aromatic nitrogens is 3. The summed E-state index contributed by atoms with van der Waals surface area (Å²) in [4.78, 5) is 4.12. The van der Waals surface area contributed by atoms with Crippen LogP contribution in [-0.2, 0) is 5.54 Å². The Hall–Kier alpha value is -1.68. The first-order valence-electron chi connectivity index (χ1n) is 5.53. The molecular formula is C13H13N3S. The van der Waals surface area contributed by atoms with E-state index in [0.717, 1.165) is 5.69 Å². The third-order valence-corrected chi connectivity index (χ3v) is 3.93. The molecule has 3 aromatic rings. The van der Waals surface area contributed by atoms with Crippen molar-refractivity contribution in [2.24, 2.45) is 0 Å². The molecule has 3 nitrogen and oxygen atoms in total. The molecule has 0 bridgehead atoms. The third-order valence-electron chi connectivity index (χ3n) is 3.11. The van der Waals surface area contributed by atoms with Gasteiger partial charge in [0.2, 0.25) is 0 Å². The van der Waals surface area contributed by atoms with E-state index in [-0.39, 0.29) is 5.54 Å². The summed E-state index contributed by atoms with van der Waals surface area (Å²) in [6, 6.07) is 8.35. The fraction of sp³-hybridized carbons (Fsp3) is 0.231. The summed E-state index contributed by atoms with van der Waals surface area (Å²) < 4.78 is 7.94. The molecule has 4 heteroatoms. The number of hydrogen-bond donors (Lipinski definition) is 0. The van der Waals surface area contributed by atoms with E-state index in [0.29, 0.717) is 0 Å². The van der Waals surface area contributed by atoms with E-state index in [1.54, 1.807) is 17.7 Å². The second-order valence-corrected chi connectivity index (χ2v) is 5.36. The lowest BCUT2D eigenvalue weighted by molar-refractivity contribution is 0.430. The van der Waals surface area contributed by atoms with Gasteiger partial charge in [-0.25, -0.2) is 4.98 Å². The molecule has 86 valence electrons. The zero-order chi connectivity index (χ0) is 11.9. The Morgan fingerprint density at radius 3 is 2.82 bits per heavy atom. The molecule has 2 heterocycles. The van der Waals surface area contributed by atoms with E-state index in [9.17, 15) is 0 Å². The van der Waals surface area contributed by atoms with Crippen LogP contribution in [0, 0.1) is 0 Å². The fourth-order valence-electron chi connectivity index (χ4n) is 2.04. The van der Waals surface area contributed by atoms with Crippen LogP contribution in [0.15, 0.2) is 43.0 Å². The van der Waals surface area contributed by atoms with Gasteiger partial charge in [0.1, 0.15) is 0 Å². The van der Waals surface area contributed by atoms with E-state index >= 15 is 0 Å². The minimum absolute atomic E-state index is 0.171. The van der Waals surface area contributed by atoms with E-state index in [2.05, 4.69) is 52.0 Å². The molecule has 0 aliphatic rings. The molecular weight excluding hydrogens is 230 g/mol. The highest BCUT2D eigenvalue weighted by atomic mass is 32.1. The lowest BCUT2D eigenvalue weighted by Gasteiger charge is -2.24. The highest BCUT2D eigenvalue weighted by Gasteiger charge is 2.27. The zero-order valence-corrected chi connectivity index (χ0v) is 10.6. The number of hydrogen-bond acceptors (Lipinski definition) is 3. The minimum Gasteiger partial charge on any atom is -0.326 e. The lowest BCUT2D eigenvalue weighted by Crippen LogP contribution is -2.26. The quantitative estimate of drug-likeness (QED) is 0.691. The first-order valence-corrected chi connectivity index (χ1v) is 6.30. The maximum Gasteiger partial charge on any atom is 0.0954 e. The predicted molar refractivity (Wildman–Crippen MR) is 70.3 cm³/mol. The molecule has 0 saturated carbocycles. The smallest absolute Gasteiger partial charge is 0.0954 e. The molecule has 0 saturated heterocycles. The number of nitrogens with zero attached hydrogens (tertiary/aromatic N) is 3. The van der Waals surface area contributed by atoms with Crippen LogP contribution in [0.5, 0.6) is 0 Å². The van der Waals surface area contributed by atoms with Crippen molar-refractivity contribution in [3.63, 3.8) is 0 Å². The van der Waals surface area contributed by atoms with Gasteiger partial charge in [-0.2, -0.15) is 4.37 Å². The number of rotatable bonds is 2. The van der Waals surface area contributed by atoms with Crippen molar-refractivity contribution in [2.75, 3.05) is 0 Å². The minimum atomic E-state index is -0.171. The molecule has 0 aliphatic carbocycles. The number of fused-ring (bicyclic) bond motifs is 1. The monoisotopic (exact) mass is 243 g/mol. The van der Waals surface area contributed by atoms with E-state index in [4.69, 9.17) is 0 Å². The lowest BCUT2D eigenvalue weighted by atomic mass is 9.97. The van der Waals surface area contributed by atoms with Gasteiger partial charge >= 0.3 is 0 Å². The van der Waals surface area contributed by atoms with Crippen LogP contribution in [0.3, 0.4) is 0 Å². The molecule has 0 aliphatic heterocycles. The average Bonchev–Trinajstić information content (AvgIpc) is 2.99. The SMILES string of the molecule is CC(C)(c1nsc2ccccc12)n1ccnc1. The zero-order valence-electron chi connectivity index (χ0n) is 9.79. The Bertz CT molecular complexity index is 638. The normalized spacial score (nSPS) is 12.1. The second kappa shape index (κ2) is 3.67. The van der Waals surface area contributed by atoms with Crippen LogP contribution in [0.4, 0.5) is 0 Å². The summed E-state index contributed by atoms with van der Waals surface area (Å²) >= 11 is 1.55. The summed E-state index contributed by atoms with van der Waals surface area (Å²) in [6.45, 7) is 4.33. The standard InChI is InChI=1S/C13H13N3S/c1-13(2,16-8-7-14-9-16)12-10-5-3-4-6-11(10)17-15-12/h3-9H,1-2H3. The van der Waals surface area contributed by atoms with Crippen molar-refractivity contribution in [3.8, 4) is 0 Å². The first kappa shape index (κ1) is 10.5. The van der Waals surface area contributed by atoms with Crippen molar-refractivity contribution in [1.82, 2.24) is 13.9 Å². The van der Waals surface area contributed by atoms with Crippen molar-refractivity contribution in [1.29, 1.82) is 0 Å². The van der Waals surface area contributed by atoms with E-state index < -0.39 is 0 Å². The van der Waals surface area contributed by atoms with Crippen LogP contribution in [0.2, 0.25) is 0 Å². The summed E-state index contributed by atoms with van der Waals surface area (Å²) in [6.07, 6.45) is 5.62. The van der Waals surface area contributed by atoms with Gasteiger partial charge in [0.05, 0.1) is 22.3 Å². The third kappa shape index (κ3) is 1.56. The van der Waals surface area contributed by atoms with Gasteiger partial charge < -0.3 is 4.57 Å². The Kier molecular flexibility index (Phi) is 2.26. The summed E-state index contributed by atoms with van der Waals surface area (Å²) in [5.41, 5.74) is 0.937. The van der Waals surface area contributed by atoms with Crippen molar-refractivity contribution < 1.29 is 0 Å². The van der Waals surface area contributed by atoms with Gasteiger partial charge in [-0.15, -0.1) is 0 Å². The Balaban J connectivity index is 2.22. The van der Waals surface area contributed by atoms with Crippen LogP contribution in [-0.4, -0.2) is 13.9 Å². The van der Waals surface area contributed by atoms with Crippen LogP contribution < -0.4 is 0 Å².